The molecule has 0 radical (unpaired) electrons. The van der Waals surface area contributed by atoms with Gasteiger partial charge in [0.1, 0.15) is 18.3 Å². The summed E-state index contributed by atoms with van der Waals surface area (Å²) in [5.41, 5.74) is 2.41. The van der Waals surface area contributed by atoms with E-state index in [1.807, 2.05) is 31.2 Å². The summed E-state index contributed by atoms with van der Waals surface area (Å²) in [4.78, 5) is 28.9. The van der Waals surface area contributed by atoms with E-state index in [1.165, 1.54) is 34.4 Å². The van der Waals surface area contributed by atoms with Crippen LogP contribution in [0.25, 0.3) is 5.69 Å². The van der Waals surface area contributed by atoms with Gasteiger partial charge in [-0.1, -0.05) is 24.3 Å². The highest BCUT2D eigenvalue weighted by Gasteiger charge is 2.21. The fraction of sp³-hybridized carbons (Fsp3) is 0.167. The van der Waals surface area contributed by atoms with Crippen molar-refractivity contribution in [2.45, 2.75) is 13.5 Å². The molecule has 0 saturated heterocycles. The predicted molar refractivity (Wildman–Crippen MR) is 95.0 cm³/mol. The molecule has 26 heavy (non-hydrogen) atoms. The highest BCUT2D eigenvalue weighted by atomic mass is 16.6. The predicted octanol–water partition coefficient (Wildman–Crippen LogP) is 2.76. The smallest absolute Gasteiger partial charge is 0.295 e. The van der Waals surface area contributed by atoms with Crippen molar-refractivity contribution >= 4 is 11.6 Å². The van der Waals surface area contributed by atoms with Crippen LogP contribution in [-0.4, -0.2) is 37.5 Å². The van der Waals surface area contributed by atoms with E-state index in [0.29, 0.717) is 6.54 Å². The summed E-state index contributed by atoms with van der Waals surface area (Å²) in [6, 6.07) is 12.1. The number of carbonyl (C=O) groups is 1. The van der Waals surface area contributed by atoms with Gasteiger partial charge in [0.05, 0.1) is 4.92 Å². The van der Waals surface area contributed by atoms with Crippen molar-refractivity contribution in [3.63, 3.8) is 0 Å². The number of hydrogen-bond acceptors (Lipinski definition) is 5. The number of benzene rings is 2. The topological polar surface area (TPSA) is 94.2 Å². The van der Waals surface area contributed by atoms with Gasteiger partial charge in [-0.3, -0.25) is 14.9 Å². The van der Waals surface area contributed by atoms with Crippen molar-refractivity contribution < 1.29 is 9.72 Å². The molecule has 0 unspecified atom stereocenters. The molecule has 0 aliphatic rings. The molecule has 0 aliphatic heterocycles. The number of aryl methyl sites for hydroxylation is 1. The van der Waals surface area contributed by atoms with Crippen LogP contribution in [0.15, 0.2) is 55.1 Å². The summed E-state index contributed by atoms with van der Waals surface area (Å²) < 4.78 is 1.30. The molecule has 1 amide bonds. The lowest BCUT2D eigenvalue weighted by Crippen LogP contribution is -2.26. The van der Waals surface area contributed by atoms with Crippen LogP contribution in [0.3, 0.4) is 0 Å². The van der Waals surface area contributed by atoms with Crippen LogP contribution in [0.5, 0.6) is 0 Å². The second-order valence-electron chi connectivity index (χ2n) is 5.89. The molecule has 0 fully saturated rings. The van der Waals surface area contributed by atoms with E-state index in [9.17, 15) is 14.9 Å². The standard InChI is InChI=1S/C18H17N5O3/c1-13-5-3-4-6-15(13)10-21(2)18(24)14-7-8-16(17(9-14)23(25)26)22-12-19-11-20-22/h3-9,11-12H,10H2,1-2H3. The minimum Gasteiger partial charge on any atom is -0.337 e. The van der Waals surface area contributed by atoms with Crippen molar-refractivity contribution in [3.05, 3.63) is 81.9 Å². The minimum absolute atomic E-state index is 0.203. The molecule has 0 atom stereocenters. The van der Waals surface area contributed by atoms with Crippen molar-refractivity contribution in [1.82, 2.24) is 19.7 Å². The fourth-order valence-corrected chi connectivity index (χ4v) is 2.66. The second kappa shape index (κ2) is 7.14. The van der Waals surface area contributed by atoms with E-state index in [2.05, 4.69) is 10.1 Å². The Kier molecular flexibility index (Phi) is 4.74. The average molecular weight is 351 g/mol. The van der Waals surface area contributed by atoms with E-state index in [1.54, 1.807) is 13.1 Å². The van der Waals surface area contributed by atoms with Gasteiger partial charge in [0.15, 0.2) is 0 Å². The summed E-state index contributed by atoms with van der Waals surface area (Å²) in [5.74, 6) is -0.290. The molecule has 3 rings (SSSR count). The fourth-order valence-electron chi connectivity index (χ4n) is 2.66. The van der Waals surface area contributed by atoms with Gasteiger partial charge in [0, 0.05) is 25.2 Å². The van der Waals surface area contributed by atoms with Crippen molar-refractivity contribution in [2.24, 2.45) is 0 Å². The molecule has 0 aliphatic carbocycles. The number of nitro benzene ring substituents is 1. The number of carbonyl (C=O) groups excluding carboxylic acids is 1. The monoisotopic (exact) mass is 351 g/mol. The highest BCUT2D eigenvalue weighted by molar-refractivity contribution is 5.95. The average Bonchev–Trinajstić information content (AvgIpc) is 3.17. The molecule has 0 spiro atoms. The van der Waals surface area contributed by atoms with Crippen molar-refractivity contribution in [3.8, 4) is 5.69 Å². The number of rotatable bonds is 5. The van der Waals surface area contributed by atoms with Crippen LogP contribution in [0.1, 0.15) is 21.5 Å². The Bertz CT molecular complexity index is 953. The Morgan fingerprint density at radius 1 is 1.27 bits per heavy atom. The third-order valence-electron chi connectivity index (χ3n) is 4.10. The molecule has 0 bridgehead atoms. The lowest BCUT2D eigenvalue weighted by atomic mass is 10.1. The van der Waals surface area contributed by atoms with Crippen LogP contribution in [-0.2, 0) is 6.54 Å². The van der Waals surface area contributed by atoms with Gasteiger partial charge in [0.2, 0.25) is 0 Å². The Morgan fingerprint density at radius 2 is 2.04 bits per heavy atom. The van der Waals surface area contributed by atoms with E-state index >= 15 is 0 Å². The van der Waals surface area contributed by atoms with Crippen LogP contribution in [0.4, 0.5) is 5.69 Å². The summed E-state index contributed by atoms with van der Waals surface area (Å²) >= 11 is 0. The molecule has 3 aromatic rings. The summed E-state index contributed by atoms with van der Waals surface area (Å²) in [5, 5.41) is 15.3. The molecule has 1 aromatic heterocycles. The van der Waals surface area contributed by atoms with Crippen molar-refractivity contribution in [1.29, 1.82) is 0 Å². The van der Waals surface area contributed by atoms with E-state index in [0.717, 1.165) is 11.1 Å². The third-order valence-corrected chi connectivity index (χ3v) is 4.10. The Hall–Kier alpha value is -3.55. The molecule has 1 heterocycles. The van der Waals surface area contributed by atoms with Gasteiger partial charge in [0.25, 0.3) is 11.6 Å². The zero-order chi connectivity index (χ0) is 18.7. The number of hydrogen-bond donors (Lipinski definition) is 0. The Balaban J connectivity index is 1.89. The first-order valence-electron chi connectivity index (χ1n) is 7.91. The molecular formula is C18H17N5O3. The van der Waals surface area contributed by atoms with Gasteiger partial charge in [-0.15, -0.1) is 0 Å². The molecule has 0 saturated carbocycles. The van der Waals surface area contributed by atoms with Crippen molar-refractivity contribution in [2.75, 3.05) is 7.05 Å². The maximum atomic E-state index is 12.7. The van der Waals surface area contributed by atoms with Crippen LogP contribution in [0.2, 0.25) is 0 Å². The summed E-state index contributed by atoms with van der Waals surface area (Å²) in [6.45, 7) is 2.40. The summed E-state index contributed by atoms with van der Waals surface area (Å²) in [7, 11) is 1.67. The number of nitro groups is 1. The maximum Gasteiger partial charge on any atom is 0.295 e. The molecule has 8 heteroatoms. The van der Waals surface area contributed by atoms with E-state index in [4.69, 9.17) is 0 Å². The first-order valence-corrected chi connectivity index (χ1v) is 7.91. The van der Waals surface area contributed by atoms with Gasteiger partial charge in [-0.2, -0.15) is 5.10 Å². The van der Waals surface area contributed by atoms with E-state index < -0.39 is 4.92 Å². The number of amides is 1. The highest BCUT2D eigenvalue weighted by Crippen LogP contribution is 2.24. The van der Waals surface area contributed by atoms with Crippen LogP contribution in [0, 0.1) is 17.0 Å². The largest absolute Gasteiger partial charge is 0.337 e. The Labute approximate surface area is 149 Å². The first-order chi connectivity index (χ1) is 12.5. The quantitative estimate of drug-likeness (QED) is 0.520. The van der Waals surface area contributed by atoms with E-state index in [-0.39, 0.29) is 22.8 Å². The zero-order valence-electron chi connectivity index (χ0n) is 14.4. The lowest BCUT2D eigenvalue weighted by Gasteiger charge is -2.18. The summed E-state index contributed by atoms with van der Waals surface area (Å²) in [6.07, 6.45) is 2.66. The third kappa shape index (κ3) is 3.44. The zero-order valence-corrected chi connectivity index (χ0v) is 14.4. The van der Waals surface area contributed by atoms with Gasteiger partial charge in [-0.25, -0.2) is 9.67 Å². The normalized spacial score (nSPS) is 10.5. The molecular weight excluding hydrogens is 334 g/mol. The van der Waals surface area contributed by atoms with Crippen LogP contribution >= 0.6 is 0 Å². The van der Waals surface area contributed by atoms with Gasteiger partial charge < -0.3 is 4.90 Å². The minimum atomic E-state index is -0.533. The molecule has 132 valence electrons. The van der Waals surface area contributed by atoms with Gasteiger partial charge >= 0.3 is 0 Å². The first kappa shape index (κ1) is 17.3. The Morgan fingerprint density at radius 3 is 2.69 bits per heavy atom. The molecule has 8 nitrogen and oxygen atoms in total. The number of aromatic nitrogens is 3. The molecule has 0 N–H and O–H groups in total. The number of nitrogens with zero attached hydrogens (tertiary/aromatic N) is 5. The van der Waals surface area contributed by atoms with Crippen LogP contribution < -0.4 is 0 Å². The van der Waals surface area contributed by atoms with Gasteiger partial charge in [-0.05, 0) is 30.2 Å². The second-order valence-corrected chi connectivity index (χ2v) is 5.89. The maximum absolute atomic E-state index is 12.7. The molecule has 2 aromatic carbocycles. The lowest BCUT2D eigenvalue weighted by molar-refractivity contribution is -0.384. The SMILES string of the molecule is Cc1ccccc1CN(C)C(=O)c1ccc(-n2cncn2)c([N+](=O)[O-])c1.